The topological polar surface area (TPSA) is 134 Å². The zero-order valence-electron chi connectivity index (χ0n) is 24.1. The molecule has 5 rings (SSSR count). The molecule has 0 amide bonds. The average Bonchev–Trinajstić information content (AvgIpc) is 3.42. The third-order valence-electron chi connectivity index (χ3n) is 6.69. The van der Waals surface area contributed by atoms with Crippen molar-refractivity contribution in [2.24, 2.45) is 0 Å². The first-order valence-corrected chi connectivity index (χ1v) is 13.6. The van der Waals surface area contributed by atoms with Gasteiger partial charge in [-0.2, -0.15) is 26.3 Å². The molecule has 1 aliphatic heterocycles. The van der Waals surface area contributed by atoms with Crippen molar-refractivity contribution < 1.29 is 46.1 Å². The van der Waals surface area contributed by atoms with E-state index in [0.717, 1.165) is 54.8 Å². The molecule has 2 N–H and O–H groups in total. The maximum Gasteiger partial charge on any atom is 0.490 e. The summed E-state index contributed by atoms with van der Waals surface area (Å²) < 4.78 is 65.7. The van der Waals surface area contributed by atoms with E-state index < -0.39 is 24.3 Å². The van der Waals surface area contributed by atoms with Crippen LogP contribution < -0.4 is 0 Å². The Kier molecular flexibility index (Phi) is 11.6. The van der Waals surface area contributed by atoms with Crippen molar-refractivity contribution in [1.82, 2.24) is 29.4 Å². The van der Waals surface area contributed by atoms with Crippen molar-refractivity contribution in [2.75, 3.05) is 13.1 Å². The molecule has 4 aromatic rings. The van der Waals surface area contributed by atoms with E-state index in [1.165, 1.54) is 11.3 Å². The predicted octanol–water partition coefficient (Wildman–Crippen LogP) is 6.12. The van der Waals surface area contributed by atoms with Gasteiger partial charge in [0, 0.05) is 54.5 Å². The van der Waals surface area contributed by atoms with Crippen LogP contribution in [0.25, 0.3) is 22.3 Å². The van der Waals surface area contributed by atoms with Crippen LogP contribution in [0.15, 0.2) is 61.4 Å². The molecule has 0 aromatic carbocycles. The molecule has 45 heavy (non-hydrogen) atoms. The third-order valence-corrected chi connectivity index (χ3v) is 6.69. The highest BCUT2D eigenvalue weighted by atomic mass is 19.4. The highest BCUT2D eigenvalue weighted by Crippen LogP contribution is 2.34. The zero-order valence-corrected chi connectivity index (χ0v) is 24.1. The third kappa shape index (κ3) is 9.96. The Morgan fingerprint density at radius 1 is 0.933 bits per heavy atom. The van der Waals surface area contributed by atoms with E-state index in [1.54, 1.807) is 6.20 Å². The van der Waals surface area contributed by atoms with Crippen molar-refractivity contribution in [2.45, 2.75) is 57.5 Å². The molecule has 0 radical (unpaired) electrons. The van der Waals surface area contributed by atoms with Crippen LogP contribution in [0.3, 0.4) is 0 Å². The fourth-order valence-corrected chi connectivity index (χ4v) is 4.51. The second kappa shape index (κ2) is 14.9. The molecule has 0 aliphatic carbocycles. The summed E-state index contributed by atoms with van der Waals surface area (Å²) in [6.45, 7) is 7.51. The lowest BCUT2D eigenvalue weighted by Crippen LogP contribution is -2.32. The number of alkyl halides is 6. The molecule has 1 fully saturated rings. The van der Waals surface area contributed by atoms with E-state index in [4.69, 9.17) is 29.8 Å². The van der Waals surface area contributed by atoms with Gasteiger partial charge in [-0.05, 0) is 69.6 Å². The van der Waals surface area contributed by atoms with Gasteiger partial charge in [-0.25, -0.2) is 14.6 Å². The normalized spacial score (nSPS) is 14.3. The summed E-state index contributed by atoms with van der Waals surface area (Å²) in [6, 6.07) is 10.8. The number of imidazole rings is 1. The van der Waals surface area contributed by atoms with Gasteiger partial charge in [-0.3, -0.25) is 19.9 Å². The SMILES string of the molecule is CC(C)n1cnc2c(-c3cccnc3)nc(C3CCN(Cc4cccnc4)CC3)cc21.O=C(O)C(F)(F)F.O=C(O)C(F)(F)F. The van der Waals surface area contributed by atoms with Crippen LogP contribution in [0.2, 0.25) is 0 Å². The Labute approximate surface area is 253 Å². The number of hydrogen-bond acceptors (Lipinski definition) is 7. The average molecular weight is 641 g/mol. The summed E-state index contributed by atoms with van der Waals surface area (Å²) in [5, 5.41) is 14.2. The van der Waals surface area contributed by atoms with Crippen LogP contribution in [0.5, 0.6) is 0 Å². The standard InChI is InChI=1S/C25H28N6.2C2HF3O2/c1-18(2)31-17-28-25-23(31)13-22(29-24(25)21-6-4-10-27-15-21)20-7-11-30(12-8-20)16-19-5-3-9-26-14-19;2*3-2(4,5)1(6)7/h3-6,9-10,13-15,17-18,20H,7-8,11-12,16H2,1-2H3;2*(H,6,7). The molecule has 242 valence electrons. The Morgan fingerprint density at radius 3 is 1.96 bits per heavy atom. The lowest BCUT2D eigenvalue weighted by atomic mass is 9.92. The highest BCUT2D eigenvalue weighted by molar-refractivity contribution is 5.90. The summed E-state index contributed by atoms with van der Waals surface area (Å²) in [4.78, 5) is 38.7. The number of nitrogens with zero attached hydrogens (tertiary/aromatic N) is 6. The molecule has 16 heteroatoms. The fraction of sp³-hybridized carbons (Fsp3) is 0.379. The molecule has 0 saturated carbocycles. The number of piperidine rings is 1. The first kappa shape index (κ1) is 34.9. The van der Waals surface area contributed by atoms with E-state index in [0.29, 0.717) is 12.0 Å². The van der Waals surface area contributed by atoms with Crippen LogP contribution in [-0.4, -0.2) is 77.0 Å². The van der Waals surface area contributed by atoms with Crippen LogP contribution in [0.1, 0.15) is 49.9 Å². The zero-order chi connectivity index (χ0) is 33.4. The minimum atomic E-state index is -5.08. The number of carboxylic acids is 2. The van der Waals surface area contributed by atoms with E-state index in [-0.39, 0.29) is 0 Å². The van der Waals surface area contributed by atoms with Crippen LogP contribution in [0, 0.1) is 0 Å². The van der Waals surface area contributed by atoms with E-state index in [2.05, 4.69) is 51.5 Å². The second-order valence-corrected chi connectivity index (χ2v) is 10.3. The van der Waals surface area contributed by atoms with Gasteiger partial charge in [0.15, 0.2) is 0 Å². The van der Waals surface area contributed by atoms with Gasteiger partial charge in [-0.1, -0.05) is 6.07 Å². The van der Waals surface area contributed by atoms with Crippen LogP contribution >= 0.6 is 0 Å². The quantitative estimate of drug-likeness (QED) is 0.248. The van der Waals surface area contributed by atoms with Crippen molar-refractivity contribution >= 4 is 23.0 Å². The van der Waals surface area contributed by atoms with E-state index in [9.17, 15) is 26.3 Å². The van der Waals surface area contributed by atoms with E-state index in [1.807, 2.05) is 37.1 Å². The summed E-state index contributed by atoms with van der Waals surface area (Å²) >= 11 is 0. The Bertz CT molecular complexity index is 1530. The van der Waals surface area contributed by atoms with Gasteiger partial charge in [0.05, 0.1) is 17.5 Å². The molecule has 0 spiro atoms. The summed E-state index contributed by atoms with van der Waals surface area (Å²) in [5.74, 6) is -5.06. The Balaban J connectivity index is 0.000000331. The number of aromatic nitrogens is 5. The molecule has 0 unspecified atom stereocenters. The van der Waals surface area contributed by atoms with Crippen LogP contribution in [-0.2, 0) is 16.1 Å². The minimum Gasteiger partial charge on any atom is -0.475 e. The predicted molar refractivity (Wildman–Crippen MR) is 150 cm³/mol. The Hall–Kier alpha value is -4.60. The lowest BCUT2D eigenvalue weighted by Gasteiger charge is -2.32. The molecular weight excluding hydrogens is 610 g/mol. The molecular formula is C29H30F6N6O4. The number of fused-ring (bicyclic) bond motifs is 1. The van der Waals surface area contributed by atoms with Crippen molar-refractivity contribution in [3.8, 4) is 11.3 Å². The van der Waals surface area contributed by atoms with Gasteiger partial charge in [0.2, 0.25) is 0 Å². The van der Waals surface area contributed by atoms with Crippen molar-refractivity contribution in [3.63, 3.8) is 0 Å². The number of carboxylic acid groups (broad SMARTS) is 2. The Morgan fingerprint density at radius 2 is 1.49 bits per heavy atom. The monoisotopic (exact) mass is 640 g/mol. The van der Waals surface area contributed by atoms with Gasteiger partial charge in [0.1, 0.15) is 5.52 Å². The first-order chi connectivity index (χ1) is 21.1. The summed E-state index contributed by atoms with van der Waals surface area (Å²) in [7, 11) is 0. The number of aliphatic carboxylic acids is 2. The molecule has 10 nitrogen and oxygen atoms in total. The smallest absolute Gasteiger partial charge is 0.475 e. The number of pyridine rings is 3. The molecule has 5 heterocycles. The highest BCUT2D eigenvalue weighted by Gasteiger charge is 2.39. The number of carbonyl (C=O) groups is 2. The number of hydrogen-bond donors (Lipinski definition) is 2. The molecule has 0 bridgehead atoms. The second-order valence-electron chi connectivity index (χ2n) is 10.3. The van der Waals surface area contributed by atoms with Gasteiger partial charge < -0.3 is 14.8 Å². The van der Waals surface area contributed by atoms with Crippen molar-refractivity contribution in [3.05, 3.63) is 72.7 Å². The molecule has 1 saturated heterocycles. The number of likely N-dealkylation sites (tertiary alicyclic amines) is 1. The van der Waals surface area contributed by atoms with Gasteiger partial charge in [-0.15, -0.1) is 0 Å². The maximum atomic E-state index is 10.6. The first-order valence-electron chi connectivity index (χ1n) is 13.6. The largest absolute Gasteiger partial charge is 0.490 e. The van der Waals surface area contributed by atoms with Gasteiger partial charge in [0.25, 0.3) is 0 Å². The minimum absolute atomic E-state index is 0.350. The number of halogens is 6. The summed E-state index contributed by atoms with van der Waals surface area (Å²) in [5.41, 5.74) is 6.54. The van der Waals surface area contributed by atoms with Gasteiger partial charge >= 0.3 is 24.3 Å². The summed E-state index contributed by atoms with van der Waals surface area (Å²) in [6.07, 6.45) is 1.49. The molecule has 4 aromatic heterocycles. The lowest BCUT2D eigenvalue weighted by molar-refractivity contribution is -0.193. The van der Waals surface area contributed by atoms with Crippen molar-refractivity contribution in [1.29, 1.82) is 0 Å². The van der Waals surface area contributed by atoms with Crippen LogP contribution in [0.4, 0.5) is 26.3 Å². The van der Waals surface area contributed by atoms with E-state index >= 15 is 0 Å². The maximum absolute atomic E-state index is 10.6. The fourth-order valence-electron chi connectivity index (χ4n) is 4.51. The number of rotatable bonds is 5. The molecule has 1 aliphatic rings. The molecule has 0 atom stereocenters.